The van der Waals surface area contributed by atoms with Crippen LogP contribution in [0.4, 0.5) is 4.79 Å². The van der Waals surface area contributed by atoms with E-state index in [1.807, 2.05) is 32.0 Å². The number of hydrogen-bond acceptors (Lipinski definition) is 2. The van der Waals surface area contributed by atoms with Crippen molar-refractivity contribution < 1.29 is 4.79 Å². The van der Waals surface area contributed by atoms with Crippen LogP contribution in [0.2, 0.25) is 0 Å². The smallest absolute Gasteiger partial charge is 0.315 e. The van der Waals surface area contributed by atoms with Gasteiger partial charge in [-0.1, -0.05) is 30.3 Å². The Hall–Kier alpha value is -2.82. The first-order chi connectivity index (χ1) is 13.6. The fraction of sp³-hybridized carbons (Fsp3) is 0.391. The number of fused-ring (bicyclic) bond motifs is 2. The highest BCUT2D eigenvalue weighted by Crippen LogP contribution is 2.24. The molecule has 0 aliphatic heterocycles. The molecule has 0 spiro atoms. The molecule has 2 N–H and O–H groups in total. The summed E-state index contributed by atoms with van der Waals surface area (Å²) < 4.78 is 2.14. The van der Waals surface area contributed by atoms with E-state index in [2.05, 4.69) is 44.5 Å². The van der Waals surface area contributed by atoms with Gasteiger partial charge >= 0.3 is 6.03 Å². The van der Waals surface area contributed by atoms with Crippen LogP contribution in [-0.4, -0.2) is 22.1 Å². The molecule has 1 unspecified atom stereocenters. The molecular formula is C23H28N4O. The largest absolute Gasteiger partial charge is 0.336 e. The Morgan fingerprint density at radius 3 is 2.79 bits per heavy atom. The first kappa shape index (κ1) is 18.5. The number of aryl methyl sites for hydroxylation is 3. The minimum Gasteiger partial charge on any atom is -0.336 e. The maximum Gasteiger partial charge on any atom is 0.315 e. The normalized spacial score (nSPS) is 14.5. The van der Waals surface area contributed by atoms with Gasteiger partial charge in [-0.3, -0.25) is 0 Å². The van der Waals surface area contributed by atoms with Crippen LogP contribution in [0.3, 0.4) is 0 Å². The van der Waals surface area contributed by atoms with Gasteiger partial charge in [-0.2, -0.15) is 0 Å². The molecule has 28 heavy (non-hydrogen) atoms. The second kappa shape index (κ2) is 8.05. The molecule has 2 amide bonds. The maximum absolute atomic E-state index is 12.3. The molecule has 146 valence electrons. The molecule has 0 fully saturated rings. The third kappa shape index (κ3) is 3.88. The van der Waals surface area contributed by atoms with Crippen LogP contribution in [-0.2, 0) is 19.4 Å². The molecule has 5 heteroatoms. The van der Waals surface area contributed by atoms with Gasteiger partial charge in [-0.15, -0.1) is 0 Å². The molecule has 0 bridgehead atoms. The lowest BCUT2D eigenvalue weighted by Crippen LogP contribution is -2.38. The highest BCUT2D eigenvalue weighted by atomic mass is 16.2. The number of aromatic nitrogens is 2. The molecule has 0 saturated heterocycles. The number of rotatable bonds is 5. The molecule has 3 aromatic rings. The van der Waals surface area contributed by atoms with Gasteiger partial charge in [-0.05, 0) is 68.4 Å². The van der Waals surface area contributed by atoms with Crippen LogP contribution in [0.15, 0.2) is 42.5 Å². The van der Waals surface area contributed by atoms with Crippen LogP contribution in [0.1, 0.15) is 48.3 Å². The van der Waals surface area contributed by atoms with Gasteiger partial charge in [-0.25, -0.2) is 9.78 Å². The molecule has 1 atom stereocenters. The number of amides is 2. The number of urea groups is 1. The molecule has 1 aliphatic carbocycles. The number of carbonyl (C=O) groups excluding carboxylic acids is 1. The summed E-state index contributed by atoms with van der Waals surface area (Å²) in [4.78, 5) is 16.9. The molecule has 1 heterocycles. The van der Waals surface area contributed by atoms with Gasteiger partial charge in [0.1, 0.15) is 5.82 Å². The van der Waals surface area contributed by atoms with Crippen molar-refractivity contribution in [2.75, 3.05) is 6.54 Å². The summed E-state index contributed by atoms with van der Waals surface area (Å²) >= 11 is 0. The zero-order valence-electron chi connectivity index (χ0n) is 16.7. The van der Waals surface area contributed by atoms with Gasteiger partial charge < -0.3 is 15.2 Å². The Balaban J connectivity index is 1.32. The van der Waals surface area contributed by atoms with Crippen molar-refractivity contribution in [1.29, 1.82) is 0 Å². The van der Waals surface area contributed by atoms with Crippen LogP contribution < -0.4 is 10.6 Å². The Morgan fingerprint density at radius 2 is 1.93 bits per heavy atom. The van der Waals surface area contributed by atoms with E-state index in [0.717, 1.165) is 23.3 Å². The highest BCUT2D eigenvalue weighted by molar-refractivity contribution is 5.76. The summed E-state index contributed by atoms with van der Waals surface area (Å²) in [6.45, 7) is 5.30. The average Bonchev–Trinajstić information content (AvgIpc) is 3.03. The Labute approximate surface area is 166 Å². The summed E-state index contributed by atoms with van der Waals surface area (Å²) in [6.07, 6.45) is 4.88. The molecule has 5 nitrogen and oxygen atoms in total. The van der Waals surface area contributed by atoms with Crippen molar-refractivity contribution in [2.45, 2.75) is 52.1 Å². The van der Waals surface area contributed by atoms with Crippen molar-refractivity contribution in [3.05, 3.63) is 65.0 Å². The summed E-state index contributed by atoms with van der Waals surface area (Å²) in [5.74, 6) is 0.964. The minimum atomic E-state index is -0.132. The lowest BCUT2D eigenvalue weighted by atomic mass is 9.89. The van der Waals surface area contributed by atoms with Crippen LogP contribution in [0.5, 0.6) is 0 Å². The number of nitrogens with zero attached hydrogens (tertiary/aromatic N) is 2. The molecule has 0 radical (unpaired) electrons. The van der Waals surface area contributed by atoms with E-state index in [-0.39, 0.29) is 12.1 Å². The van der Waals surface area contributed by atoms with Gasteiger partial charge in [0.05, 0.1) is 17.1 Å². The Morgan fingerprint density at radius 1 is 1.14 bits per heavy atom. The van der Waals surface area contributed by atoms with Gasteiger partial charge in [0.2, 0.25) is 0 Å². The summed E-state index contributed by atoms with van der Waals surface area (Å²) in [5.41, 5.74) is 6.18. The van der Waals surface area contributed by atoms with Gasteiger partial charge in [0, 0.05) is 13.1 Å². The molecule has 1 aliphatic rings. The number of benzene rings is 2. The van der Waals surface area contributed by atoms with Crippen molar-refractivity contribution in [3.8, 4) is 0 Å². The van der Waals surface area contributed by atoms with E-state index in [9.17, 15) is 4.79 Å². The van der Waals surface area contributed by atoms with E-state index < -0.39 is 0 Å². The fourth-order valence-corrected chi connectivity index (χ4v) is 4.11. The van der Waals surface area contributed by atoms with Crippen molar-refractivity contribution in [2.24, 2.45) is 0 Å². The van der Waals surface area contributed by atoms with Gasteiger partial charge in [0.15, 0.2) is 0 Å². The van der Waals surface area contributed by atoms with Crippen molar-refractivity contribution >= 4 is 17.1 Å². The van der Waals surface area contributed by atoms with Crippen LogP contribution >= 0.6 is 0 Å². The second-order valence-electron chi connectivity index (χ2n) is 7.66. The van der Waals surface area contributed by atoms with E-state index in [1.165, 1.54) is 36.0 Å². The van der Waals surface area contributed by atoms with Crippen LogP contribution in [0, 0.1) is 6.92 Å². The Kier molecular flexibility index (Phi) is 5.33. The molecule has 2 aromatic carbocycles. The topological polar surface area (TPSA) is 59.0 Å². The average molecular weight is 377 g/mol. The van der Waals surface area contributed by atoms with E-state index in [1.54, 1.807) is 0 Å². The molecule has 1 aromatic heterocycles. The van der Waals surface area contributed by atoms with Crippen LogP contribution in [0.25, 0.3) is 11.0 Å². The van der Waals surface area contributed by atoms with Gasteiger partial charge in [0.25, 0.3) is 0 Å². The second-order valence-corrected chi connectivity index (χ2v) is 7.66. The predicted octanol–water partition coefficient (Wildman–Crippen LogP) is 4.28. The lowest BCUT2D eigenvalue weighted by Gasteiger charge is -2.20. The third-order valence-corrected chi connectivity index (χ3v) is 5.69. The molecular weight excluding hydrogens is 348 g/mol. The number of imidazole rings is 1. The zero-order valence-corrected chi connectivity index (χ0v) is 16.7. The number of carbonyl (C=O) groups is 1. The lowest BCUT2D eigenvalue weighted by molar-refractivity contribution is 0.237. The standard InChI is InChI=1S/C23H28N4O/c1-16(19-12-11-18-7-3-4-8-20(18)15-19)25-23(28)24-13-14-27-17(2)26-21-9-5-6-10-22(21)27/h5-6,9-12,15-16H,3-4,7-8,13-14H2,1-2H3,(H2,24,25,28). The monoisotopic (exact) mass is 376 g/mol. The SMILES string of the molecule is Cc1nc2ccccc2n1CCNC(=O)NC(C)c1ccc2c(c1)CCCC2. The third-order valence-electron chi connectivity index (χ3n) is 5.69. The maximum atomic E-state index is 12.3. The number of para-hydroxylation sites is 2. The Bertz CT molecular complexity index is 991. The van der Waals surface area contributed by atoms with E-state index in [4.69, 9.17) is 0 Å². The first-order valence-corrected chi connectivity index (χ1v) is 10.2. The highest BCUT2D eigenvalue weighted by Gasteiger charge is 2.14. The first-order valence-electron chi connectivity index (χ1n) is 10.2. The molecule has 4 rings (SSSR count). The van der Waals surface area contributed by atoms with Crippen molar-refractivity contribution in [1.82, 2.24) is 20.2 Å². The zero-order chi connectivity index (χ0) is 19.5. The van der Waals surface area contributed by atoms with Crippen molar-refractivity contribution in [3.63, 3.8) is 0 Å². The predicted molar refractivity (Wildman–Crippen MR) is 113 cm³/mol. The number of nitrogens with one attached hydrogen (secondary N) is 2. The van der Waals surface area contributed by atoms with E-state index >= 15 is 0 Å². The summed E-state index contributed by atoms with van der Waals surface area (Å²) in [5, 5.41) is 6.04. The summed E-state index contributed by atoms with van der Waals surface area (Å²) in [6, 6.07) is 14.6. The fourth-order valence-electron chi connectivity index (χ4n) is 4.11. The minimum absolute atomic E-state index is 0.0111. The summed E-state index contributed by atoms with van der Waals surface area (Å²) in [7, 11) is 0. The van der Waals surface area contributed by atoms with E-state index in [0.29, 0.717) is 13.1 Å². The quantitative estimate of drug-likeness (QED) is 0.698. The molecule has 0 saturated carbocycles. The number of hydrogen-bond donors (Lipinski definition) is 2.